The van der Waals surface area contributed by atoms with Crippen molar-refractivity contribution in [2.24, 2.45) is 5.92 Å². The van der Waals surface area contributed by atoms with E-state index < -0.39 is 5.97 Å². The van der Waals surface area contributed by atoms with Crippen LogP contribution in [-0.4, -0.2) is 23.2 Å². The van der Waals surface area contributed by atoms with E-state index in [9.17, 15) is 4.79 Å². The van der Waals surface area contributed by atoms with E-state index in [2.05, 4.69) is 50.4 Å². The van der Waals surface area contributed by atoms with Gasteiger partial charge in [-0.1, -0.05) is 38.1 Å². The molecular formula is C19H29NO2. The number of carbonyl (C=O) groups is 1. The summed E-state index contributed by atoms with van der Waals surface area (Å²) in [5.41, 5.74) is 2.75. The van der Waals surface area contributed by atoms with E-state index in [1.807, 2.05) is 0 Å². The summed E-state index contributed by atoms with van der Waals surface area (Å²) < 4.78 is 0. The number of carboxylic acids is 1. The molecule has 0 radical (unpaired) electrons. The number of nitrogens with one attached hydrogen (secondary N) is 1. The maximum Gasteiger partial charge on any atom is 0.306 e. The number of benzene rings is 1. The van der Waals surface area contributed by atoms with E-state index in [-0.39, 0.29) is 5.92 Å². The lowest BCUT2D eigenvalue weighted by molar-refractivity contribution is -0.142. The standard InChI is InChI=1S/C19H29NO2/c1-13(2)16-6-4-15(5-7-16)12-14(3)20-18-10-8-17(9-11-18)19(21)22/h4-7,13-14,17-18,20H,8-12H2,1-3H3,(H,21,22). The zero-order chi connectivity index (χ0) is 16.1. The molecule has 0 bridgehead atoms. The SMILES string of the molecule is CC(Cc1ccc(C(C)C)cc1)NC1CCC(C(=O)O)CC1. The summed E-state index contributed by atoms with van der Waals surface area (Å²) in [5, 5.41) is 12.7. The Kier molecular flexibility index (Phi) is 6.01. The minimum absolute atomic E-state index is 0.128. The van der Waals surface area contributed by atoms with Crippen LogP contribution in [0.4, 0.5) is 0 Å². The van der Waals surface area contributed by atoms with E-state index in [0.717, 1.165) is 32.1 Å². The first-order valence-electron chi connectivity index (χ1n) is 8.53. The van der Waals surface area contributed by atoms with Crippen molar-refractivity contribution in [1.82, 2.24) is 5.32 Å². The highest BCUT2D eigenvalue weighted by Crippen LogP contribution is 2.25. The first kappa shape index (κ1) is 17.0. The summed E-state index contributed by atoms with van der Waals surface area (Å²) >= 11 is 0. The van der Waals surface area contributed by atoms with Crippen LogP contribution in [0.15, 0.2) is 24.3 Å². The number of hydrogen-bond donors (Lipinski definition) is 2. The van der Waals surface area contributed by atoms with E-state index in [1.165, 1.54) is 11.1 Å². The molecule has 1 aromatic carbocycles. The highest BCUT2D eigenvalue weighted by molar-refractivity contribution is 5.70. The lowest BCUT2D eigenvalue weighted by Crippen LogP contribution is -2.40. The maximum absolute atomic E-state index is 11.0. The van der Waals surface area contributed by atoms with Crippen LogP contribution in [0.5, 0.6) is 0 Å². The monoisotopic (exact) mass is 303 g/mol. The first-order valence-corrected chi connectivity index (χ1v) is 8.53. The van der Waals surface area contributed by atoms with Gasteiger partial charge in [0.05, 0.1) is 5.92 Å². The third-order valence-electron chi connectivity index (χ3n) is 4.78. The molecule has 0 heterocycles. The fraction of sp³-hybridized carbons (Fsp3) is 0.632. The van der Waals surface area contributed by atoms with Crippen molar-refractivity contribution in [3.05, 3.63) is 35.4 Å². The van der Waals surface area contributed by atoms with Gasteiger partial charge in [0, 0.05) is 12.1 Å². The van der Waals surface area contributed by atoms with Crippen LogP contribution in [0.25, 0.3) is 0 Å². The summed E-state index contributed by atoms with van der Waals surface area (Å²) in [6, 6.07) is 9.82. The highest BCUT2D eigenvalue weighted by Gasteiger charge is 2.26. The van der Waals surface area contributed by atoms with Gasteiger partial charge in [0.25, 0.3) is 0 Å². The van der Waals surface area contributed by atoms with Gasteiger partial charge in [-0.2, -0.15) is 0 Å². The van der Waals surface area contributed by atoms with Crippen LogP contribution in [-0.2, 0) is 11.2 Å². The molecule has 1 atom stereocenters. The van der Waals surface area contributed by atoms with Gasteiger partial charge in [-0.15, -0.1) is 0 Å². The predicted octanol–water partition coefficient (Wildman–Crippen LogP) is 3.97. The average molecular weight is 303 g/mol. The van der Waals surface area contributed by atoms with Gasteiger partial charge in [-0.05, 0) is 56.1 Å². The van der Waals surface area contributed by atoms with Crippen molar-refractivity contribution in [2.45, 2.75) is 70.9 Å². The van der Waals surface area contributed by atoms with Crippen LogP contribution < -0.4 is 5.32 Å². The first-order chi connectivity index (χ1) is 10.5. The lowest BCUT2D eigenvalue weighted by atomic mass is 9.85. The quantitative estimate of drug-likeness (QED) is 0.836. The summed E-state index contributed by atoms with van der Waals surface area (Å²) in [6.45, 7) is 6.65. The van der Waals surface area contributed by atoms with Crippen molar-refractivity contribution in [2.75, 3.05) is 0 Å². The second-order valence-electron chi connectivity index (χ2n) is 7.05. The molecule has 22 heavy (non-hydrogen) atoms. The Labute approximate surface area is 134 Å². The summed E-state index contributed by atoms with van der Waals surface area (Å²) in [6.07, 6.45) is 4.60. The van der Waals surface area contributed by atoms with Crippen LogP contribution in [0.2, 0.25) is 0 Å². The Bertz CT molecular complexity index is 473. The molecule has 0 aliphatic heterocycles. The second-order valence-corrected chi connectivity index (χ2v) is 7.05. The fourth-order valence-electron chi connectivity index (χ4n) is 3.36. The molecule has 1 aromatic rings. The van der Waals surface area contributed by atoms with Crippen LogP contribution >= 0.6 is 0 Å². The van der Waals surface area contributed by atoms with Gasteiger partial charge in [-0.3, -0.25) is 4.79 Å². The van der Waals surface area contributed by atoms with Crippen molar-refractivity contribution in [1.29, 1.82) is 0 Å². The molecule has 1 aliphatic carbocycles. The molecule has 1 aliphatic rings. The van der Waals surface area contributed by atoms with Gasteiger partial charge in [0.2, 0.25) is 0 Å². The van der Waals surface area contributed by atoms with Gasteiger partial charge in [0.1, 0.15) is 0 Å². The second kappa shape index (κ2) is 7.77. The molecule has 2 rings (SSSR count). The molecule has 3 nitrogen and oxygen atoms in total. The number of rotatable bonds is 6. The van der Waals surface area contributed by atoms with Gasteiger partial charge < -0.3 is 10.4 Å². The number of hydrogen-bond acceptors (Lipinski definition) is 2. The smallest absolute Gasteiger partial charge is 0.306 e. The van der Waals surface area contributed by atoms with Crippen LogP contribution in [0.3, 0.4) is 0 Å². The molecule has 0 spiro atoms. The zero-order valence-electron chi connectivity index (χ0n) is 14.0. The lowest BCUT2D eigenvalue weighted by Gasteiger charge is -2.29. The molecule has 1 saturated carbocycles. The van der Waals surface area contributed by atoms with Crippen molar-refractivity contribution >= 4 is 5.97 Å². The maximum atomic E-state index is 11.0. The molecule has 0 amide bonds. The minimum atomic E-state index is -0.628. The summed E-state index contributed by atoms with van der Waals surface area (Å²) in [7, 11) is 0. The van der Waals surface area contributed by atoms with Crippen LogP contribution in [0, 0.1) is 5.92 Å². The normalized spacial score (nSPS) is 23.5. The molecule has 0 aromatic heterocycles. The van der Waals surface area contributed by atoms with E-state index in [1.54, 1.807) is 0 Å². The van der Waals surface area contributed by atoms with Crippen LogP contribution in [0.1, 0.15) is 63.5 Å². The van der Waals surface area contributed by atoms with Crippen molar-refractivity contribution in [3.8, 4) is 0 Å². The van der Waals surface area contributed by atoms with Crippen molar-refractivity contribution in [3.63, 3.8) is 0 Å². The Morgan fingerprint density at radius 1 is 1.14 bits per heavy atom. The third kappa shape index (κ3) is 4.84. The Hall–Kier alpha value is -1.35. The summed E-state index contributed by atoms with van der Waals surface area (Å²) in [5.74, 6) is -0.178. The number of carboxylic acid groups (broad SMARTS) is 1. The van der Waals surface area contributed by atoms with Crippen molar-refractivity contribution < 1.29 is 9.90 Å². The average Bonchev–Trinajstić information content (AvgIpc) is 2.48. The highest BCUT2D eigenvalue weighted by atomic mass is 16.4. The molecule has 2 N–H and O–H groups in total. The van der Waals surface area contributed by atoms with Gasteiger partial charge in [0.15, 0.2) is 0 Å². The molecule has 1 fully saturated rings. The fourth-order valence-corrected chi connectivity index (χ4v) is 3.36. The van der Waals surface area contributed by atoms with E-state index in [0.29, 0.717) is 18.0 Å². The van der Waals surface area contributed by atoms with E-state index in [4.69, 9.17) is 5.11 Å². The Morgan fingerprint density at radius 2 is 1.73 bits per heavy atom. The summed E-state index contributed by atoms with van der Waals surface area (Å²) in [4.78, 5) is 11.0. The van der Waals surface area contributed by atoms with Gasteiger partial charge >= 0.3 is 5.97 Å². The van der Waals surface area contributed by atoms with E-state index >= 15 is 0 Å². The minimum Gasteiger partial charge on any atom is -0.481 e. The third-order valence-corrected chi connectivity index (χ3v) is 4.78. The number of aliphatic carboxylic acids is 1. The molecular weight excluding hydrogens is 274 g/mol. The Balaban J connectivity index is 1.78. The largest absolute Gasteiger partial charge is 0.481 e. The molecule has 0 saturated heterocycles. The van der Waals surface area contributed by atoms with Gasteiger partial charge in [-0.25, -0.2) is 0 Å². The molecule has 3 heteroatoms. The predicted molar refractivity (Wildman–Crippen MR) is 90.2 cm³/mol. The topological polar surface area (TPSA) is 49.3 Å². The molecule has 122 valence electrons. The Morgan fingerprint density at radius 3 is 2.23 bits per heavy atom. The molecule has 1 unspecified atom stereocenters. The zero-order valence-corrected chi connectivity index (χ0v) is 14.0.